The molecule has 1 aromatic rings. The van der Waals surface area contributed by atoms with E-state index in [1.165, 1.54) is 19.1 Å². The summed E-state index contributed by atoms with van der Waals surface area (Å²) in [7, 11) is 0. The Morgan fingerprint density at radius 2 is 2.00 bits per heavy atom. The van der Waals surface area contributed by atoms with E-state index in [1.807, 2.05) is 0 Å². The summed E-state index contributed by atoms with van der Waals surface area (Å²) >= 11 is 0. The molecule has 0 unspecified atom stereocenters. The molecule has 1 rings (SSSR count). The average Bonchev–Trinajstić information content (AvgIpc) is 2.11. The summed E-state index contributed by atoms with van der Waals surface area (Å²) in [6.45, 7) is 4.92. The molecule has 0 aliphatic rings. The van der Waals surface area contributed by atoms with Gasteiger partial charge < -0.3 is 14.9 Å². The van der Waals surface area contributed by atoms with Crippen molar-refractivity contribution in [1.82, 2.24) is 0 Å². The van der Waals surface area contributed by atoms with E-state index in [9.17, 15) is 4.79 Å². The Morgan fingerprint density at radius 3 is 2.50 bits per heavy atom. The molecular formula is C10H10O4. The van der Waals surface area contributed by atoms with Crippen molar-refractivity contribution in [3.63, 3.8) is 0 Å². The number of carbonyl (C=O) groups is 1. The first-order chi connectivity index (χ1) is 6.50. The van der Waals surface area contributed by atoms with Crippen molar-refractivity contribution in [3.8, 4) is 17.2 Å². The number of benzene rings is 1. The number of rotatable bonds is 2. The molecule has 0 aliphatic heterocycles. The second-order valence-electron chi connectivity index (χ2n) is 2.82. The molecular weight excluding hydrogens is 184 g/mol. The highest BCUT2D eigenvalue weighted by Crippen LogP contribution is 2.28. The van der Waals surface area contributed by atoms with Crippen LogP contribution in [0.15, 0.2) is 30.4 Å². The molecule has 4 nitrogen and oxygen atoms in total. The molecule has 0 saturated heterocycles. The molecule has 0 heterocycles. The largest absolute Gasteiger partial charge is 0.504 e. The number of hydrogen-bond acceptors (Lipinski definition) is 4. The van der Waals surface area contributed by atoms with Gasteiger partial charge in [-0.25, -0.2) is 4.79 Å². The molecule has 74 valence electrons. The van der Waals surface area contributed by atoms with Crippen molar-refractivity contribution in [2.24, 2.45) is 0 Å². The molecule has 0 aliphatic carbocycles. The zero-order valence-corrected chi connectivity index (χ0v) is 7.65. The Labute approximate surface area is 81.1 Å². The van der Waals surface area contributed by atoms with Crippen molar-refractivity contribution in [3.05, 3.63) is 30.4 Å². The van der Waals surface area contributed by atoms with Gasteiger partial charge in [0.15, 0.2) is 11.5 Å². The summed E-state index contributed by atoms with van der Waals surface area (Å²) in [5.74, 6) is -1.01. The van der Waals surface area contributed by atoms with E-state index in [2.05, 4.69) is 6.58 Å². The third kappa shape index (κ3) is 2.26. The number of esters is 1. The average molecular weight is 194 g/mol. The number of hydrogen-bond donors (Lipinski definition) is 2. The van der Waals surface area contributed by atoms with Gasteiger partial charge in [-0.3, -0.25) is 0 Å². The highest BCUT2D eigenvalue weighted by atomic mass is 16.5. The van der Waals surface area contributed by atoms with Crippen LogP contribution >= 0.6 is 0 Å². The predicted octanol–water partition coefficient (Wildman–Crippen LogP) is 1.58. The lowest BCUT2D eigenvalue weighted by atomic mass is 10.3. The summed E-state index contributed by atoms with van der Waals surface area (Å²) < 4.78 is 4.80. The normalized spacial score (nSPS) is 9.50. The van der Waals surface area contributed by atoms with Crippen molar-refractivity contribution in [1.29, 1.82) is 0 Å². The van der Waals surface area contributed by atoms with Gasteiger partial charge >= 0.3 is 5.97 Å². The Kier molecular flexibility index (Phi) is 2.76. The van der Waals surface area contributed by atoms with Crippen LogP contribution in [0.1, 0.15) is 6.92 Å². The van der Waals surface area contributed by atoms with E-state index in [0.717, 1.165) is 6.07 Å². The summed E-state index contributed by atoms with van der Waals surface area (Å²) in [4.78, 5) is 11.0. The number of phenols is 2. The van der Waals surface area contributed by atoms with Crippen LogP contribution in [0.4, 0.5) is 0 Å². The van der Waals surface area contributed by atoms with Gasteiger partial charge in [0.2, 0.25) is 0 Å². The van der Waals surface area contributed by atoms with Crippen LogP contribution in [-0.4, -0.2) is 16.2 Å². The Hall–Kier alpha value is -1.97. The van der Waals surface area contributed by atoms with Crippen LogP contribution in [0, 0.1) is 0 Å². The maximum Gasteiger partial charge on any atom is 0.338 e. The van der Waals surface area contributed by atoms with Crippen LogP contribution in [0.25, 0.3) is 0 Å². The van der Waals surface area contributed by atoms with E-state index in [4.69, 9.17) is 14.9 Å². The van der Waals surface area contributed by atoms with Crippen molar-refractivity contribution < 1.29 is 19.7 Å². The van der Waals surface area contributed by atoms with Gasteiger partial charge in [-0.1, -0.05) is 6.58 Å². The highest BCUT2D eigenvalue weighted by Gasteiger charge is 2.07. The molecule has 1 aromatic carbocycles. The first-order valence-electron chi connectivity index (χ1n) is 3.90. The van der Waals surface area contributed by atoms with Gasteiger partial charge in [0.05, 0.1) is 0 Å². The third-order valence-electron chi connectivity index (χ3n) is 1.51. The smallest absolute Gasteiger partial charge is 0.338 e. The zero-order valence-electron chi connectivity index (χ0n) is 7.65. The lowest BCUT2D eigenvalue weighted by Crippen LogP contribution is -2.07. The van der Waals surface area contributed by atoms with Gasteiger partial charge in [0.25, 0.3) is 0 Å². The van der Waals surface area contributed by atoms with Crippen LogP contribution < -0.4 is 4.74 Å². The van der Waals surface area contributed by atoms with Gasteiger partial charge in [-0.15, -0.1) is 0 Å². The maximum absolute atomic E-state index is 11.0. The van der Waals surface area contributed by atoms with Gasteiger partial charge in [0.1, 0.15) is 5.75 Å². The second kappa shape index (κ2) is 3.83. The van der Waals surface area contributed by atoms with Gasteiger partial charge in [-0.2, -0.15) is 0 Å². The summed E-state index contributed by atoms with van der Waals surface area (Å²) in [6.07, 6.45) is 0. The van der Waals surface area contributed by atoms with E-state index in [0.29, 0.717) is 0 Å². The standard InChI is InChI=1S/C10H10O4/c1-6(2)10(13)14-7-3-4-8(11)9(12)5-7/h3-5,11-12H,1H2,2H3. The summed E-state index contributed by atoms with van der Waals surface area (Å²) in [6, 6.07) is 3.75. The second-order valence-corrected chi connectivity index (χ2v) is 2.82. The van der Waals surface area contributed by atoms with E-state index >= 15 is 0 Å². The van der Waals surface area contributed by atoms with Gasteiger partial charge in [0, 0.05) is 11.6 Å². The summed E-state index contributed by atoms with van der Waals surface area (Å²) in [5, 5.41) is 18.1. The van der Waals surface area contributed by atoms with E-state index in [1.54, 1.807) is 0 Å². The molecule has 0 bridgehead atoms. The van der Waals surface area contributed by atoms with Crippen molar-refractivity contribution >= 4 is 5.97 Å². The molecule has 0 radical (unpaired) electrons. The molecule has 0 fully saturated rings. The lowest BCUT2D eigenvalue weighted by Gasteiger charge is -2.04. The van der Waals surface area contributed by atoms with Crippen LogP contribution in [0.3, 0.4) is 0 Å². The first kappa shape index (κ1) is 10.1. The van der Waals surface area contributed by atoms with Crippen molar-refractivity contribution in [2.75, 3.05) is 0 Å². The third-order valence-corrected chi connectivity index (χ3v) is 1.51. The molecule has 0 amide bonds. The quantitative estimate of drug-likeness (QED) is 0.324. The summed E-state index contributed by atoms with van der Waals surface area (Å²) in [5.41, 5.74) is 0.262. The molecule has 0 spiro atoms. The fraction of sp³-hybridized carbons (Fsp3) is 0.100. The molecule has 0 atom stereocenters. The van der Waals surface area contributed by atoms with Crippen LogP contribution in [0.5, 0.6) is 17.2 Å². The minimum Gasteiger partial charge on any atom is -0.504 e. The molecule has 0 aromatic heterocycles. The Morgan fingerprint density at radius 1 is 1.36 bits per heavy atom. The maximum atomic E-state index is 11.0. The topological polar surface area (TPSA) is 66.8 Å². The SMILES string of the molecule is C=C(C)C(=O)Oc1ccc(O)c(O)c1. The Bertz CT molecular complexity index is 382. The lowest BCUT2D eigenvalue weighted by molar-refractivity contribution is -0.130. The van der Waals surface area contributed by atoms with Crippen molar-refractivity contribution in [2.45, 2.75) is 6.92 Å². The number of aromatic hydroxyl groups is 2. The molecule has 2 N–H and O–H groups in total. The van der Waals surface area contributed by atoms with Crippen LogP contribution in [-0.2, 0) is 4.79 Å². The fourth-order valence-corrected chi connectivity index (χ4v) is 0.761. The minimum absolute atomic E-state index is 0.160. The minimum atomic E-state index is -0.574. The number of carbonyl (C=O) groups excluding carboxylic acids is 1. The number of ether oxygens (including phenoxy) is 1. The zero-order chi connectivity index (χ0) is 10.7. The molecule has 0 saturated carbocycles. The molecule has 14 heavy (non-hydrogen) atoms. The van der Waals surface area contributed by atoms with E-state index in [-0.39, 0.29) is 22.8 Å². The molecule has 4 heteroatoms. The van der Waals surface area contributed by atoms with Gasteiger partial charge in [-0.05, 0) is 19.1 Å². The monoisotopic (exact) mass is 194 g/mol. The fourth-order valence-electron chi connectivity index (χ4n) is 0.761. The Balaban J connectivity index is 2.83. The predicted molar refractivity (Wildman–Crippen MR) is 50.2 cm³/mol. The highest BCUT2D eigenvalue weighted by molar-refractivity contribution is 5.88. The number of phenolic OH excluding ortho intramolecular Hbond substituents is 2. The van der Waals surface area contributed by atoms with E-state index < -0.39 is 5.97 Å². The first-order valence-corrected chi connectivity index (χ1v) is 3.90. The van der Waals surface area contributed by atoms with Crippen LogP contribution in [0.2, 0.25) is 0 Å².